The Morgan fingerprint density at radius 3 is 2.87 bits per heavy atom. The molecule has 3 aromatic rings. The smallest absolute Gasteiger partial charge is 0.262 e. The zero-order valence-electron chi connectivity index (χ0n) is 12.3. The summed E-state index contributed by atoms with van der Waals surface area (Å²) >= 11 is 3.35. The summed E-state index contributed by atoms with van der Waals surface area (Å²) in [6, 6.07) is 15.5. The van der Waals surface area contributed by atoms with E-state index in [-0.39, 0.29) is 11.6 Å². The Balaban J connectivity index is 1.66. The van der Waals surface area contributed by atoms with Crippen molar-refractivity contribution in [3.8, 4) is 0 Å². The van der Waals surface area contributed by atoms with Gasteiger partial charge in [-0.3, -0.25) is 9.36 Å². The van der Waals surface area contributed by atoms with Gasteiger partial charge >= 0.3 is 0 Å². The molecule has 0 spiro atoms. The van der Waals surface area contributed by atoms with Crippen LogP contribution < -0.4 is 11.3 Å². The van der Waals surface area contributed by atoms with Crippen molar-refractivity contribution in [2.45, 2.75) is 16.1 Å². The highest BCUT2D eigenvalue weighted by Crippen LogP contribution is 2.35. The van der Waals surface area contributed by atoms with Crippen molar-refractivity contribution in [3.63, 3.8) is 0 Å². The van der Waals surface area contributed by atoms with Crippen molar-refractivity contribution < 1.29 is 0 Å². The molecule has 2 N–H and O–H groups in total. The third kappa shape index (κ3) is 2.62. The van der Waals surface area contributed by atoms with Gasteiger partial charge in [0.1, 0.15) is 0 Å². The number of nitrogens with zero attached hydrogens (tertiary/aromatic N) is 2. The molecule has 1 aromatic heterocycles. The fourth-order valence-corrected chi connectivity index (χ4v) is 5.06. The highest BCUT2D eigenvalue weighted by atomic mass is 32.2. The second kappa shape index (κ2) is 5.94. The molecule has 1 atom stereocenters. The van der Waals surface area contributed by atoms with Gasteiger partial charge in [-0.25, -0.2) is 4.98 Å². The number of hydrogen-bond donors (Lipinski definition) is 1. The van der Waals surface area contributed by atoms with Gasteiger partial charge in [-0.05, 0) is 24.3 Å². The summed E-state index contributed by atoms with van der Waals surface area (Å²) in [4.78, 5) is 18.5. The second-order valence-corrected chi connectivity index (χ2v) is 7.45. The molecule has 0 saturated carbocycles. The van der Waals surface area contributed by atoms with Crippen LogP contribution in [0.1, 0.15) is 6.04 Å². The lowest BCUT2D eigenvalue weighted by atomic mass is 10.2. The molecule has 0 amide bonds. The van der Waals surface area contributed by atoms with Crippen LogP contribution in [0.3, 0.4) is 0 Å². The number of nitrogens with two attached hydrogens (primary N) is 1. The van der Waals surface area contributed by atoms with Gasteiger partial charge in [-0.1, -0.05) is 36.0 Å². The van der Waals surface area contributed by atoms with E-state index in [2.05, 4.69) is 4.98 Å². The van der Waals surface area contributed by atoms with E-state index in [4.69, 9.17) is 5.73 Å². The summed E-state index contributed by atoms with van der Waals surface area (Å²) in [6.45, 7) is 0. The van der Waals surface area contributed by atoms with Gasteiger partial charge in [0.05, 0.1) is 16.9 Å². The van der Waals surface area contributed by atoms with Gasteiger partial charge in [0.25, 0.3) is 5.56 Å². The monoisotopic (exact) mass is 341 g/mol. The molecule has 1 aliphatic heterocycles. The standard InChI is InChI=1S/C17H15N3OS2/c18-13-6-2-4-8-15(13)22-9-11-10-23-17-19-14-7-3-1-5-12(14)16(21)20(11)17/h1-8,11H,9-10,18H2/t11-/m1/s1. The van der Waals surface area contributed by atoms with E-state index in [0.29, 0.717) is 5.39 Å². The Kier molecular flexibility index (Phi) is 3.79. The highest BCUT2D eigenvalue weighted by Gasteiger charge is 2.26. The van der Waals surface area contributed by atoms with Gasteiger partial charge in [-0.15, -0.1) is 11.8 Å². The number of aromatic nitrogens is 2. The lowest BCUT2D eigenvalue weighted by Crippen LogP contribution is -2.25. The maximum absolute atomic E-state index is 12.8. The minimum atomic E-state index is 0.0576. The molecule has 0 unspecified atom stereocenters. The molecule has 0 fully saturated rings. The van der Waals surface area contributed by atoms with Crippen molar-refractivity contribution in [1.82, 2.24) is 9.55 Å². The average molecular weight is 341 g/mol. The molecule has 2 heterocycles. The number of hydrogen-bond acceptors (Lipinski definition) is 5. The third-order valence-electron chi connectivity index (χ3n) is 3.90. The quantitative estimate of drug-likeness (QED) is 0.449. The van der Waals surface area contributed by atoms with Crippen LogP contribution in [-0.2, 0) is 0 Å². The van der Waals surface area contributed by atoms with Gasteiger partial charge in [0.2, 0.25) is 0 Å². The van der Waals surface area contributed by atoms with E-state index in [1.807, 2.05) is 53.1 Å². The summed E-state index contributed by atoms with van der Waals surface area (Å²) in [5, 5.41) is 1.51. The molecular formula is C17H15N3OS2. The van der Waals surface area contributed by atoms with Crippen LogP contribution in [0.5, 0.6) is 0 Å². The predicted molar refractivity (Wildman–Crippen MR) is 97.3 cm³/mol. The van der Waals surface area contributed by atoms with Crippen LogP contribution in [0.2, 0.25) is 0 Å². The van der Waals surface area contributed by atoms with Crippen LogP contribution in [0, 0.1) is 0 Å². The van der Waals surface area contributed by atoms with Gasteiger partial charge in [0, 0.05) is 22.1 Å². The minimum absolute atomic E-state index is 0.0576. The van der Waals surface area contributed by atoms with E-state index < -0.39 is 0 Å². The van der Waals surface area contributed by atoms with Gasteiger partial charge in [0.15, 0.2) is 5.16 Å². The van der Waals surface area contributed by atoms with Crippen molar-refractivity contribution in [1.29, 1.82) is 0 Å². The Morgan fingerprint density at radius 1 is 1.22 bits per heavy atom. The molecule has 1 aliphatic rings. The Bertz CT molecular complexity index is 939. The number of benzene rings is 2. The largest absolute Gasteiger partial charge is 0.398 e. The zero-order chi connectivity index (χ0) is 15.8. The Hall–Kier alpha value is -1.92. The predicted octanol–water partition coefficient (Wildman–Crippen LogP) is 3.42. The molecule has 116 valence electrons. The fourth-order valence-electron chi connectivity index (χ4n) is 2.72. The molecule has 4 nitrogen and oxygen atoms in total. The lowest BCUT2D eigenvalue weighted by Gasteiger charge is -2.14. The average Bonchev–Trinajstić information content (AvgIpc) is 2.98. The third-order valence-corrected chi connectivity index (χ3v) is 6.23. The number of para-hydroxylation sites is 2. The summed E-state index contributed by atoms with van der Waals surface area (Å²) < 4.78 is 1.85. The molecular weight excluding hydrogens is 326 g/mol. The van der Waals surface area contributed by atoms with Crippen molar-refractivity contribution in [2.75, 3.05) is 17.2 Å². The van der Waals surface area contributed by atoms with Crippen LogP contribution in [0.4, 0.5) is 5.69 Å². The van der Waals surface area contributed by atoms with E-state index in [1.165, 1.54) is 0 Å². The molecule has 0 bridgehead atoms. The molecule has 4 rings (SSSR count). The van der Waals surface area contributed by atoms with Crippen molar-refractivity contribution in [3.05, 3.63) is 58.9 Å². The van der Waals surface area contributed by atoms with Crippen LogP contribution in [-0.4, -0.2) is 21.1 Å². The molecule has 0 aliphatic carbocycles. The zero-order valence-corrected chi connectivity index (χ0v) is 13.9. The first-order chi connectivity index (χ1) is 11.2. The van der Waals surface area contributed by atoms with Crippen LogP contribution in [0.15, 0.2) is 63.4 Å². The summed E-state index contributed by atoms with van der Waals surface area (Å²) in [7, 11) is 0. The first-order valence-corrected chi connectivity index (χ1v) is 9.32. The fraction of sp³-hybridized carbons (Fsp3) is 0.176. The molecule has 0 radical (unpaired) electrons. The van der Waals surface area contributed by atoms with E-state index in [1.54, 1.807) is 23.5 Å². The van der Waals surface area contributed by atoms with Gasteiger partial charge in [-0.2, -0.15) is 0 Å². The van der Waals surface area contributed by atoms with E-state index >= 15 is 0 Å². The molecule has 0 saturated heterocycles. The molecule has 2 aromatic carbocycles. The summed E-state index contributed by atoms with van der Waals surface area (Å²) in [5.41, 5.74) is 7.61. The van der Waals surface area contributed by atoms with Crippen LogP contribution >= 0.6 is 23.5 Å². The number of fused-ring (bicyclic) bond motifs is 2. The first-order valence-electron chi connectivity index (χ1n) is 7.35. The summed E-state index contributed by atoms with van der Waals surface area (Å²) in [6.07, 6.45) is 0. The topological polar surface area (TPSA) is 60.9 Å². The lowest BCUT2D eigenvalue weighted by molar-refractivity contribution is 0.558. The van der Waals surface area contributed by atoms with Gasteiger partial charge < -0.3 is 5.73 Å². The molecule has 6 heteroatoms. The SMILES string of the molecule is Nc1ccccc1SC[C@@H]1CSc2nc3ccccc3c(=O)n21. The number of thioether (sulfide) groups is 2. The van der Waals surface area contributed by atoms with E-state index in [9.17, 15) is 4.79 Å². The summed E-state index contributed by atoms with van der Waals surface area (Å²) in [5.74, 6) is 1.69. The number of rotatable bonds is 3. The Labute approximate surface area is 142 Å². The maximum atomic E-state index is 12.8. The second-order valence-electron chi connectivity index (χ2n) is 5.40. The van der Waals surface area contributed by atoms with E-state index in [0.717, 1.165) is 32.8 Å². The molecule has 23 heavy (non-hydrogen) atoms. The van der Waals surface area contributed by atoms with Crippen molar-refractivity contribution >= 4 is 40.1 Å². The van der Waals surface area contributed by atoms with Crippen LogP contribution in [0.25, 0.3) is 10.9 Å². The highest BCUT2D eigenvalue weighted by molar-refractivity contribution is 8.00. The first kappa shape index (κ1) is 14.7. The minimum Gasteiger partial charge on any atom is -0.398 e. The maximum Gasteiger partial charge on any atom is 0.262 e. The normalized spacial score (nSPS) is 16.6. The number of nitrogen functional groups attached to an aromatic ring is 1. The Morgan fingerprint density at radius 2 is 2.00 bits per heavy atom. The van der Waals surface area contributed by atoms with Crippen molar-refractivity contribution in [2.24, 2.45) is 0 Å². The number of anilines is 1.